The van der Waals surface area contributed by atoms with Gasteiger partial charge in [0.1, 0.15) is 0 Å². The van der Waals surface area contributed by atoms with Crippen molar-refractivity contribution in [1.29, 1.82) is 0 Å². The number of nitrogens with zero attached hydrogens (tertiary/aromatic N) is 2. The van der Waals surface area contributed by atoms with Gasteiger partial charge in [0.2, 0.25) is 0 Å². The summed E-state index contributed by atoms with van der Waals surface area (Å²) in [4.78, 5) is 17.9. The summed E-state index contributed by atoms with van der Waals surface area (Å²) in [6.07, 6.45) is 5.35. The molecule has 0 saturated carbocycles. The van der Waals surface area contributed by atoms with Gasteiger partial charge in [-0.15, -0.1) is 0 Å². The van der Waals surface area contributed by atoms with Crippen LogP contribution in [0.4, 0.5) is 0 Å². The quantitative estimate of drug-likeness (QED) is 0.794. The minimum Gasteiger partial charge on any atom is -0.338 e. The van der Waals surface area contributed by atoms with Crippen molar-refractivity contribution in [2.24, 2.45) is 5.92 Å². The zero-order chi connectivity index (χ0) is 11.5. The fraction of sp³-hybridized carbons (Fsp3) is 0.500. The summed E-state index contributed by atoms with van der Waals surface area (Å²) in [7, 11) is 0. The molecule has 0 bridgehead atoms. The first kappa shape index (κ1) is 11.4. The SMILES string of the molecule is CCC1CCN(C(=O)c2ccncc2Cl)C1. The highest BCUT2D eigenvalue weighted by molar-refractivity contribution is 6.33. The van der Waals surface area contributed by atoms with E-state index in [1.165, 1.54) is 6.20 Å². The highest BCUT2D eigenvalue weighted by atomic mass is 35.5. The van der Waals surface area contributed by atoms with Crippen LogP contribution in [0.3, 0.4) is 0 Å². The smallest absolute Gasteiger partial charge is 0.255 e. The second-order valence-corrected chi connectivity index (χ2v) is 4.58. The van der Waals surface area contributed by atoms with Crippen LogP contribution >= 0.6 is 11.6 Å². The lowest BCUT2D eigenvalue weighted by Gasteiger charge is -2.16. The lowest BCUT2D eigenvalue weighted by Crippen LogP contribution is -2.28. The van der Waals surface area contributed by atoms with Gasteiger partial charge in [-0.25, -0.2) is 0 Å². The Bertz CT molecular complexity index is 394. The number of pyridine rings is 1. The van der Waals surface area contributed by atoms with Crippen LogP contribution in [0, 0.1) is 5.92 Å². The maximum Gasteiger partial charge on any atom is 0.255 e. The maximum atomic E-state index is 12.1. The lowest BCUT2D eigenvalue weighted by atomic mass is 10.1. The van der Waals surface area contributed by atoms with E-state index in [-0.39, 0.29) is 5.91 Å². The fourth-order valence-electron chi connectivity index (χ4n) is 2.07. The number of hydrogen-bond donors (Lipinski definition) is 0. The van der Waals surface area contributed by atoms with Gasteiger partial charge in [0.25, 0.3) is 5.91 Å². The predicted octanol–water partition coefficient (Wildman–Crippen LogP) is 2.61. The first-order valence-electron chi connectivity index (χ1n) is 5.61. The Hall–Kier alpha value is -1.09. The van der Waals surface area contributed by atoms with E-state index in [0.717, 1.165) is 25.9 Å². The topological polar surface area (TPSA) is 33.2 Å². The Kier molecular flexibility index (Phi) is 3.44. The molecule has 4 heteroatoms. The van der Waals surface area contributed by atoms with Crippen molar-refractivity contribution in [1.82, 2.24) is 9.88 Å². The normalized spacial score (nSPS) is 20.1. The summed E-state index contributed by atoms with van der Waals surface area (Å²) in [6, 6.07) is 1.68. The first-order valence-corrected chi connectivity index (χ1v) is 5.99. The van der Waals surface area contributed by atoms with Crippen LogP contribution in [0.1, 0.15) is 30.1 Å². The van der Waals surface area contributed by atoms with Gasteiger partial charge in [-0.2, -0.15) is 0 Å². The average molecular weight is 239 g/mol. The largest absolute Gasteiger partial charge is 0.338 e. The summed E-state index contributed by atoms with van der Waals surface area (Å²) in [5.41, 5.74) is 0.563. The zero-order valence-corrected chi connectivity index (χ0v) is 10.1. The molecule has 2 rings (SSSR count). The molecule has 0 radical (unpaired) electrons. The summed E-state index contributed by atoms with van der Waals surface area (Å²) in [6.45, 7) is 3.86. The Morgan fingerprint density at radius 1 is 1.69 bits per heavy atom. The van der Waals surface area contributed by atoms with Gasteiger partial charge < -0.3 is 4.90 Å². The minimum atomic E-state index is 0.0309. The van der Waals surface area contributed by atoms with Crippen LogP contribution < -0.4 is 0 Å². The molecule has 1 aromatic rings. The fourth-order valence-corrected chi connectivity index (χ4v) is 2.27. The van der Waals surface area contributed by atoms with E-state index < -0.39 is 0 Å². The van der Waals surface area contributed by atoms with Crippen molar-refractivity contribution in [3.63, 3.8) is 0 Å². The van der Waals surface area contributed by atoms with Gasteiger partial charge in [0.05, 0.1) is 10.6 Å². The summed E-state index contributed by atoms with van der Waals surface area (Å²) in [5.74, 6) is 0.674. The highest BCUT2D eigenvalue weighted by Crippen LogP contribution is 2.23. The number of amides is 1. The molecule has 0 aromatic carbocycles. The van der Waals surface area contributed by atoms with Gasteiger partial charge in [-0.1, -0.05) is 24.9 Å². The molecule has 1 fully saturated rings. The number of carbonyl (C=O) groups excluding carboxylic acids is 1. The van der Waals surface area contributed by atoms with Gasteiger partial charge in [-0.05, 0) is 18.4 Å². The predicted molar refractivity (Wildman–Crippen MR) is 63.5 cm³/mol. The van der Waals surface area contributed by atoms with Crippen molar-refractivity contribution in [2.45, 2.75) is 19.8 Å². The molecule has 0 N–H and O–H groups in total. The molecular formula is C12H15ClN2O. The number of carbonyl (C=O) groups is 1. The first-order chi connectivity index (χ1) is 7.72. The second-order valence-electron chi connectivity index (χ2n) is 4.17. The summed E-state index contributed by atoms with van der Waals surface area (Å²) < 4.78 is 0. The molecule has 0 aliphatic carbocycles. The van der Waals surface area contributed by atoms with E-state index in [9.17, 15) is 4.79 Å². The zero-order valence-electron chi connectivity index (χ0n) is 9.32. The molecule has 16 heavy (non-hydrogen) atoms. The number of hydrogen-bond acceptors (Lipinski definition) is 2. The summed E-state index contributed by atoms with van der Waals surface area (Å²) in [5, 5.41) is 0.437. The number of rotatable bonds is 2. The Morgan fingerprint density at radius 3 is 3.12 bits per heavy atom. The monoisotopic (exact) mass is 238 g/mol. The molecule has 1 aromatic heterocycles. The maximum absolute atomic E-state index is 12.1. The van der Waals surface area contributed by atoms with Crippen molar-refractivity contribution >= 4 is 17.5 Å². The van der Waals surface area contributed by atoms with E-state index in [4.69, 9.17) is 11.6 Å². The van der Waals surface area contributed by atoms with Gasteiger partial charge in [0, 0.05) is 25.5 Å². The van der Waals surface area contributed by atoms with Crippen LogP contribution in [-0.2, 0) is 0 Å². The Labute approximate surface area is 100 Å². The Morgan fingerprint density at radius 2 is 2.50 bits per heavy atom. The van der Waals surface area contributed by atoms with Crippen LogP contribution in [0.15, 0.2) is 18.5 Å². The standard InChI is InChI=1S/C12H15ClN2O/c1-2-9-4-6-15(8-9)12(16)10-3-5-14-7-11(10)13/h3,5,7,9H,2,4,6,8H2,1H3. The van der Waals surface area contributed by atoms with E-state index >= 15 is 0 Å². The molecule has 1 saturated heterocycles. The summed E-state index contributed by atoms with van der Waals surface area (Å²) >= 11 is 5.96. The lowest BCUT2D eigenvalue weighted by molar-refractivity contribution is 0.0787. The number of halogens is 1. The molecule has 1 amide bonds. The van der Waals surface area contributed by atoms with Gasteiger partial charge in [0.15, 0.2) is 0 Å². The molecule has 1 atom stereocenters. The van der Waals surface area contributed by atoms with Gasteiger partial charge in [-0.3, -0.25) is 9.78 Å². The highest BCUT2D eigenvalue weighted by Gasteiger charge is 2.26. The van der Waals surface area contributed by atoms with E-state index in [0.29, 0.717) is 16.5 Å². The average Bonchev–Trinajstić information content (AvgIpc) is 2.77. The van der Waals surface area contributed by atoms with Crippen molar-refractivity contribution in [3.8, 4) is 0 Å². The third-order valence-electron chi connectivity index (χ3n) is 3.15. The van der Waals surface area contributed by atoms with Crippen LogP contribution in [-0.4, -0.2) is 28.9 Å². The second kappa shape index (κ2) is 4.83. The van der Waals surface area contributed by atoms with Crippen molar-refractivity contribution in [2.75, 3.05) is 13.1 Å². The van der Waals surface area contributed by atoms with Crippen molar-refractivity contribution < 1.29 is 4.79 Å². The van der Waals surface area contributed by atoms with E-state index in [1.54, 1.807) is 12.3 Å². The third-order valence-corrected chi connectivity index (χ3v) is 3.45. The van der Waals surface area contributed by atoms with Crippen LogP contribution in [0.2, 0.25) is 5.02 Å². The minimum absolute atomic E-state index is 0.0309. The molecule has 2 heterocycles. The van der Waals surface area contributed by atoms with Crippen LogP contribution in [0.25, 0.3) is 0 Å². The third kappa shape index (κ3) is 2.19. The van der Waals surface area contributed by atoms with Gasteiger partial charge >= 0.3 is 0 Å². The molecule has 0 spiro atoms. The van der Waals surface area contributed by atoms with Crippen molar-refractivity contribution in [3.05, 3.63) is 29.0 Å². The molecule has 1 aliphatic rings. The molecule has 86 valence electrons. The number of likely N-dealkylation sites (tertiary alicyclic amines) is 1. The molecule has 1 unspecified atom stereocenters. The molecule has 3 nitrogen and oxygen atoms in total. The molecular weight excluding hydrogens is 224 g/mol. The van der Waals surface area contributed by atoms with Crippen LogP contribution in [0.5, 0.6) is 0 Å². The van der Waals surface area contributed by atoms with E-state index in [1.807, 2.05) is 4.90 Å². The Balaban J connectivity index is 2.12. The molecule has 1 aliphatic heterocycles. The number of aromatic nitrogens is 1. The van der Waals surface area contributed by atoms with E-state index in [2.05, 4.69) is 11.9 Å².